The molecule has 0 saturated heterocycles. The molecule has 0 fully saturated rings. The van der Waals surface area contributed by atoms with E-state index < -0.39 is 42.3 Å². The molecule has 0 amide bonds. The van der Waals surface area contributed by atoms with E-state index in [4.69, 9.17) is 8.42 Å². The molecule has 0 rings (SSSR count). The van der Waals surface area contributed by atoms with Gasteiger partial charge in [0.25, 0.3) is 0 Å². The molecule has 0 heterocycles. The summed E-state index contributed by atoms with van der Waals surface area (Å²) in [5.41, 5.74) is 0. The van der Waals surface area contributed by atoms with Gasteiger partial charge in [0.1, 0.15) is 12.2 Å². The molecule has 0 radical (unpaired) electrons. The van der Waals surface area contributed by atoms with E-state index >= 15 is 0 Å². The Morgan fingerprint density at radius 2 is 1.63 bits per heavy atom. The average Bonchev–Trinajstić information content (AvgIpc) is 2.08. The van der Waals surface area contributed by atoms with Crippen molar-refractivity contribution in [2.24, 2.45) is 0 Å². The van der Waals surface area contributed by atoms with Crippen LogP contribution in [0.15, 0.2) is 0 Å². The van der Waals surface area contributed by atoms with Crippen molar-refractivity contribution in [1.29, 1.82) is 0 Å². The van der Waals surface area contributed by atoms with Crippen LogP contribution in [0.5, 0.6) is 0 Å². The first-order valence-corrected chi connectivity index (χ1v) is 11.1. The van der Waals surface area contributed by atoms with Gasteiger partial charge in [-0.3, -0.25) is 12.6 Å². The van der Waals surface area contributed by atoms with Crippen LogP contribution >= 0.6 is 0 Å². The van der Waals surface area contributed by atoms with E-state index in [0.717, 1.165) is 0 Å². The quantitative estimate of drug-likeness (QED) is 0.441. The van der Waals surface area contributed by atoms with Crippen molar-refractivity contribution in [1.82, 2.24) is 0 Å². The maximum Gasteiger partial charge on any atom is 0.391 e. The fraction of sp³-hybridized carbons (Fsp3) is 0.778. The smallest absolute Gasteiger partial charge is 0.294 e. The summed E-state index contributed by atoms with van der Waals surface area (Å²) in [5.74, 6) is 4.88. The maximum atomic E-state index is 11.5. The summed E-state index contributed by atoms with van der Waals surface area (Å²) in [6.07, 6.45) is -1.77. The highest BCUT2D eigenvalue weighted by molar-refractivity contribution is 7.83. The largest absolute Gasteiger partial charge is 0.391 e. The van der Waals surface area contributed by atoms with E-state index in [9.17, 15) is 12.6 Å². The highest BCUT2D eigenvalue weighted by atomic mass is 32.3. The van der Waals surface area contributed by atoms with Gasteiger partial charge in [-0.05, 0) is 33.5 Å². The lowest BCUT2D eigenvalue weighted by atomic mass is 10.3. The highest BCUT2D eigenvalue weighted by Crippen LogP contribution is 2.11. The molecule has 10 heteroatoms. The van der Waals surface area contributed by atoms with Crippen LogP contribution in [0.4, 0.5) is 0 Å². The van der Waals surface area contributed by atoms with Crippen LogP contribution in [0.3, 0.4) is 0 Å². The SMILES string of the molecule is CC(C#CC(C)OS(=O)(=O)O[Si](C)(C)C)OS(=O)O. The van der Waals surface area contributed by atoms with Gasteiger partial charge >= 0.3 is 21.8 Å². The molecule has 0 spiro atoms. The van der Waals surface area contributed by atoms with Crippen LogP contribution in [0.1, 0.15) is 13.8 Å². The normalized spacial score (nSPS) is 17.2. The number of rotatable bonds is 6. The standard InChI is InChI=1S/C9H18O7S2Si/c1-8(14-17(10)11)6-7-9(2)15-18(12,13)16-19(3,4)5/h8-9H,1-5H3,(H,10,11). The molecule has 0 aliphatic carbocycles. The third-order valence-corrected chi connectivity index (χ3v) is 5.12. The number of hydrogen-bond donors (Lipinski definition) is 1. The van der Waals surface area contributed by atoms with E-state index in [0.29, 0.717) is 0 Å². The molecule has 3 atom stereocenters. The summed E-state index contributed by atoms with van der Waals surface area (Å²) in [5, 5.41) is 0. The zero-order valence-corrected chi connectivity index (χ0v) is 14.0. The Kier molecular flexibility index (Phi) is 7.37. The van der Waals surface area contributed by atoms with Crippen LogP contribution in [-0.4, -0.2) is 37.7 Å². The molecule has 7 nitrogen and oxygen atoms in total. The van der Waals surface area contributed by atoms with Gasteiger partial charge in [0.15, 0.2) is 0 Å². The lowest BCUT2D eigenvalue weighted by molar-refractivity contribution is 0.241. The molecule has 112 valence electrons. The van der Waals surface area contributed by atoms with Crippen molar-refractivity contribution < 1.29 is 29.4 Å². The lowest BCUT2D eigenvalue weighted by Crippen LogP contribution is -2.31. The van der Waals surface area contributed by atoms with Gasteiger partial charge in [0.2, 0.25) is 8.32 Å². The minimum absolute atomic E-state index is 0.822. The predicted octanol–water partition coefficient (Wildman–Crippen LogP) is 1.03. The molecule has 0 bridgehead atoms. The summed E-state index contributed by atoms with van der Waals surface area (Å²) in [4.78, 5) is 0. The zero-order valence-electron chi connectivity index (χ0n) is 11.4. The van der Waals surface area contributed by atoms with Crippen molar-refractivity contribution in [3.63, 3.8) is 0 Å². The Morgan fingerprint density at radius 3 is 2.05 bits per heavy atom. The van der Waals surface area contributed by atoms with Crippen molar-refractivity contribution in [3.05, 3.63) is 0 Å². The van der Waals surface area contributed by atoms with E-state index in [1.165, 1.54) is 13.8 Å². The van der Waals surface area contributed by atoms with Crippen LogP contribution < -0.4 is 0 Å². The molecule has 1 N–H and O–H groups in total. The first-order chi connectivity index (χ1) is 8.41. The van der Waals surface area contributed by atoms with Crippen LogP contribution in [0, 0.1) is 11.8 Å². The van der Waals surface area contributed by atoms with E-state index in [1.54, 1.807) is 19.6 Å². The molecule has 0 aromatic heterocycles. The number of hydrogen-bond acceptors (Lipinski definition) is 6. The highest BCUT2D eigenvalue weighted by Gasteiger charge is 2.26. The molecule has 0 aromatic carbocycles. The lowest BCUT2D eigenvalue weighted by Gasteiger charge is -2.17. The van der Waals surface area contributed by atoms with Crippen LogP contribution in [0.25, 0.3) is 0 Å². The summed E-state index contributed by atoms with van der Waals surface area (Å²) < 4.78 is 55.7. The minimum atomic E-state index is -4.10. The predicted molar refractivity (Wildman–Crippen MR) is 73.0 cm³/mol. The Bertz CT molecular complexity index is 471. The molecule has 0 saturated carbocycles. The molecule has 19 heavy (non-hydrogen) atoms. The fourth-order valence-electron chi connectivity index (χ4n) is 0.909. The van der Waals surface area contributed by atoms with Gasteiger partial charge in [0.05, 0.1) is 0 Å². The second-order valence-corrected chi connectivity index (χ2v) is 11.1. The van der Waals surface area contributed by atoms with Gasteiger partial charge in [-0.25, -0.2) is 4.18 Å². The Balaban J connectivity index is 4.51. The molecular formula is C9H18O7S2Si. The summed E-state index contributed by atoms with van der Waals surface area (Å²) >= 11 is -2.42. The zero-order chi connectivity index (χ0) is 15.3. The monoisotopic (exact) mass is 330 g/mol. The molecule has 0 aliphatic heterocycles. The maximum absolute atomic E-state index is 11.5. The van der Waals surface area contributed by atoms with Gasteiger partial charge < -0.3 is 0 Å². The first-order valence-electron chi connectivity index (χ1n) is 5.34. The second-order valence-electron chi connectivity index (χ2n) is 4.59. The molecule has 3 unspecified atom stereocenters. The summed E-state index contributed by atoms with van der Waals surface area (Å²) in [7, 11) is -6.39. The van der Waals surface area contributed by atoms with Gasteiger partial charge in [-0.15, -0.1) is 0 Å². The van der Waals surface area contributed by atoms with Gasteiger partial charge in [-0.2, -0.15) is 12.6 Å². The van der Waals surface area contributed by atoms with Crippen molar-refractivity contribution in [2.75, 3.05) is 0 Å². The summed E-state index contributed by atoms with van der Waals surface area (Å²) in [6.45, 7) is 7.98. The fourth-order valence-corrected chi connectivity index (χ4v) is 4.21. The first kappa shape index (κ1) is 18.7. The third-order valence-electron chi connectivity index (χ3n) is 1.33. The van der Waals surface area contributed by atoms with E-state index in [1.807, 2.05) is 0 Å². The van der Waals surface area contributed by atoms with Crippen LogP contribution in [-0.2, 0) is 34.0 Å². The summed E-state index contributed by atoms with van der Waals surface area (Å²) in [6, 6.07) is 0. The Morgan fingerprint density at radius 1 is 1.16 bits per heavy atom. The molecule has 0 aromatic rings. The average molecular weight is 330 g/mol. The molecule has 0 aliphatic rings. The molecular weight excluding hydrogens is 312 g/mol. The second kappa shape index (κ2) is 7.49. The van der Waals surface area contributed by atoms with Gasteiger partial charge in [-0.1, -0.05) is 11.8 Å². The third kappa shape index (κ3) is 11.3. The van der Waals surface area contributed by atoms with Crippen molar-refractivity contribution in [2.45, 2.75) is 45.7 Å². The van der Waals surface area contributed by atoms with E-state index in [-0.39, 0.29) is 0 Å². The van der Waals surface area contributed by atoms with Gasteiger partial charge in [0, 0.05) is 0 Å². The minimum Gasteiger partial charge on any atom is -0.294 e. The Hall–Kier alpha value is -0.283. The van der Waals surface area contributed by atoms with E-state index in [2.05, 4.69) is 20.2 Å². The Labute approximate surface area is 117 Å². The van der Waals surface area contributed by atoms with Crippen molar-refractivity contribution in [3.8, 4) is 11.8 Å². The topological polar surface area (TPSA) is 99.1 Å². The van der Waals surface area contributed by atoms with Crippen molar-refractivity contribution >= 4 is 30.1 Å². The van der Waals surface area contributed by atoms with Crippen LogP contribution in [0.2, 0.25) is 19.6 Å².